The van der Waals surface area contributed by atoms with Crippen LogP contribution in [-0.4, -0.2) is 24.2 Å². The maximum atomic E-state index is 5.86. The van der Waals surface area contributed by atoms with Crippen molar-refractivity contribution in [3.63, 3.8) is 0 Å². The number of anilines is 2. The molecule has 1 aromatic carbocycles. The van der Waals surface area contributed by atoms with E-state index < -0.39 is 0 Å². The highest BCUT2D eigenvalue weighted by Gasteiger charge is 2.14. The van der Waals surface area contributed by atoms with Crippen molar-refractivity contribution in [3.8, 4) is 0 Å². The predicted molar refractivity (Wildman–Crippen MR) is 82.9 cm³/mol. The van der Waals surface area contributed by atoms with E-state index in [1.54, 1.807) is 0 Å². The smallest absolute Gasteiger partial charge is 0.0743 e. The molecule has 1 aliphatic rings. The first-order chi connectivity index (χ1) is 9.83. The summed E-state index contributed by atoms with van der Waals surface area (Å²) in [5.41, 5.74) is 8.54. The molecule has 0 spiro atoms. The van der Waals surface area contributed by atoms with E-state index in [4.69, 9.17) is 10.5 Å². The van der Waals surface area contributed by atoms with E-state index >= 15 is 0 Å². The fourth-order valence-corrected chi connectivity index (χ4v) is 2.79. The lowest BCUT2D eigenvalue weighted by molar-refractivity contribution is 0.0659. The maximum Gasteiger partial charge on any atom is 0.0743 e. The number of fused-ring (bicyclic) bond motifs is 1. The zero-order valence-electron chi connectivity index (χ0n) is 11.6. The predicted octanol–water partition coefficient (Wildman–Crippen LogP) is 3.19. The quantitative estimate of drug-likeness (QED) is 0.647. The fourth-order valence-electron chi connectivity index (χ4n) is 2.79. The van der Waals surface area contributed by atoms with Crippen LogP contribution in [0.3, 0.4) is 0 Å². The molecular weight excluding hydrogens is 250 g/mol. The number of ether oxygens (including phenoxy) is 1. The third kappa shape index (κ3) is 3.02. The molecule has 3 N–H and O–H groups in total. The van der Waals surface area contributed by atoms with Crippen molar-refractivity contribution in [2.75, 3.05) is 24.2 Å². The molecule has 4 heteroatoms. The van der Waals surface area contributed by atoms with Gasteiger partial charge in [-0.3, -0.25) is 4.98 Å². The molecular formula is C16H21N3O. The van der Waals surface area contributed by atoms with Crippen molar-refractivity contribution >= 4 is 22.3 Å². The van der Waals surface area contributed by atoms with Gasteiger partial charge in [0.05, 0.1) is 18.2 Å². The Hall–Kier alpha value is -1.81. The highest BCUT2D eigenvalue weighted by Crippen LogP contribution is 2.23. The Morgan fingerprint density at radius 1 is 1.25 bits per heavy atom. The normalized spacial score (nSPS) is 15.8. The Balaban J connectivity index is 1.59. The van der Waals surface area contributed by atoms with Crippen molar-refractivity contribution < 1.29 is 4.74 Å². The maximum absolute atomic E-state index is 5.86. The number of pyridine rings is 1. The van der Waals surface area contributed by atoms with Gasteiger partial charge in [0.25, 0.3) is 0 Å². The van der Waals surface area contributed by atoms with Crippen LogP contribution < -0.4 is 11.1 Å². The van der Waals surface area contributed by atoms with E-state index in [1.807, 2.05) is 30.5 Å². The Bertz CT molecular complexity index is 579. The molecule has 0 saturated heterocycles. The van der Waals surface area contributed by atoms with Gasteiger partial charge in [0.1, 0.15) is 0 Å². The number of hydrogen-bond donors (Lipinski definition) is 2. The van der Waals surface area contributed by atoms with Gasteiger partial charge in [0, 0.05) is 29.5 Å². The molecule has 106 valence electrons. The lowest BCUT2D eigenvalue weighted by atomic mass is 10.1. The Morgan fingerprint density at radius 2 is 2.10 bits per heavy atom. The lowest BCUT2D eigenvalue weighted by Crippen LogP contribution is -2.15. The van der Waals surface area contributed by atoms with E-state index in [2.05, 4.69) is 10.3 Å². The van der Waals surface area contributed by atoms with Crippen LogP contribution >= 0.6 is 0 Å². The summed E-state index contributed by atoms with van der Waals surface area (Å²) in [7, 11) is 0. The van der Waals surface area contributed by atoms with Gasteiger partial charge < -0.3 is 15.8 Å². The highest BCUT2D eigenvalue weighted by atomic mass is 16.5. The molecule has 1 heterocycles. The van der Waals surface area contributed by atoms with Crippen molar-refractivity contribution in [1.29, 1.82) is 0 Å². The summed E-state index contributed by atoms with van der Waals surface area (Å²) in [6, 6.07) is 7.81. The number of nitrogens with one attached hydrogen (secondary N) is 1. The molecule has 20 heavy (non-hydrogen) atoms. The summed E-state index contributed by atoms with van der Waals surface area (Å²) in [6.07, 6.45) is 7.35. The Labute approximate surface area is 119 Å². The van der Waals surface area contributed by atoms with E-state index in [-0.39, 0.29) is 0 Å². The molecule has 0 radical (unpaired) electrons. The number of nitrogen functional groups attached to an aromatic ring is 1. The SMILES string of the molecule is Nc1ccc2c(NCCOC3CCCC3)ccnc2c1. The number of nitrogens with two attached hydrogens (primary N) is 1. The third-order valence-corrected chi connectivity index (χ3v) is 3.84. The standard InChI is InChI=1S/C16H21N3O/c17-12-5-6-14-15(7-8-18-16(14)11-12)19-9-10-20-13-3-1-2-4-13/h5-8,11,13H,1-4,9-10,17H2,(H,18,19). The second-order valence-electron chi connectivity index (χ2n) is 5.34. The van der Waals surface area contributed by atoms with Crippen molar-refractivity contribution in [1.82, 2.24) is 4.98 Å². The average molecular weight is 271 g/mol. The van der Waals surface area contributed by atoms with Crippen LogP contribution in [0.5, 0.6) is 0 Å². The second kappa shape index (κ2) is 6.09. The Morgan fingerprint density at radius 3 is 2.95 bits per heavy atom. The van der Waals surface area contributed by atoms with Gasteiger partial charge in [-0.15, -0.1) is 0 Å². The molecule has 0 unspecified atom stereocenters. The van der Waals surface area contributed by atoms with Gasteiger partial charge >= 0.3 is 0 Å². The van der Waals surface area contributed by atoms with Crippen LogP contribution in [0.1, 0.15) is 25.7 Å². The van der Waals surface area contributed by atoms with Gasteiger partial charge in [0.15, 0.2) is 0 Å². The van der Waals surface area contributed by atoms with Crippen LogP contribution in [0, 0.1) is 0 Å². The van der Waals surface area contributed by atoms with Gasteiger partial charge in [-0.2, -0.15) is 0 Å². The van der Waals surface area contributed by atoms with E-state index in [0.717, 1.165) is 35.4 Å². The summed E-state index contributed by atoms with van der Waals surface area (Å²) in [4.78, 5) is 4.34. The largest absolute Gasteiger partial charge is 0.399 e. The monoisotopic (exact) mass is 271 g/mol. The first kappa shape index (κ1) is 13.2. The lowest BCUT2D eigenvalue weighted by Gasteiger charge is -2.13. The highest BCUT2D eigenvalue weighted by molar-refractivity contribution is 5.92. The molecule has 1 saturated carbocycles. The molecule has 4 nitrogen and oxygen atoms in total. The average Bonchev–Trinajstić information content (AvgIpc) is 2.96. The fraction of sp³-hybridized carbons (Fsp3) is 0.438. The summed E-state index contributed by atoms with van der Waals surface area (Å²) in [5.74, 6) is 0. The van der Waals surface area contributed by atoms with Crippen molar-refractivity contribution in [2.24, 2.45) is 0 Å². The zero-order chi connectivity index (χ0) is 13.8. The molecule has 3 rings (SSSR count). The second-order valence-corrected chi connectivity index (χ2v) is 5.34. The number of aromatic nitrogens is 1. The number of benzene rings is 1. The molecule has 1 aromatic heterocycles. The topological polar surface area (TPSA) is 60.2 Å². The first-order valence-electron chi connectivity index (χ1n) is 7.32. The number of nitrogens with zero attached hydrogens (tertiary/aromatic N) is 1. The molecule has 0 amide bonds. The van der Waals surface area contributed by atoms with Gasteiger partial charge in [0.2, 0.25) is 0 Å². The Kier molecular flexibility index (Phi) is 4.02. The van der Waals surface area contributed by atoms with E-state index in [0.29, 0.717) is 6.10 Å². The molecule has 1 aliphatic carbocycles. The molecule has 0 atom stereocenters. The van der Waals surface area contributed by atoms with Gasteiger partial charge in [-0.25, -0.2) is 0 Å². The molecule has 0 bridgehead atoms. The van der Waals surface area contributed by atoms with Crippen LogP contribution in [0.4, 0.5) is 11.4 Å². The van der Waals surface area contributed by atoms with Crippen LogP contribution in [-0.2, 0) is 4.74 Å². The van der Waals surface area contributed by atoms with E-state index in [1.165, 1.54) is 25.7 Å². The summed E-state index contributed by atoms with van der Waals surface area (Å²) in [5, 5.41) is 4.52. The summed E-state index contributed by atoms with van der Waals surface area (Å²) in [6.45, 7) is 1.57. The minimum Gasteiger partial charge on any atom is -0.399 e. The van der Waals surface area contributed by atoms with E-state index in [9.17, 15) is 0 Å². The number of rotatable bonds is 5. The molecule has 2 aromatic rings. The van der Waals surface area contributed by atoms with Crippen LogP contribution in [0.15, 0.2) is 30.5 Å². The van der Waals surface area contributed by atoms with Gasteiger partial charge in [-0.1, -0.05) is 12.8 Å². The van der Waals surface area contributed by atoms with Crippen LogP contribution in [0.25, 0.3) is 10.9 Å². The minimum absolute atomic E-state index is 0.478. The zero-order valence-corrected chi connectivity index (χ0v) is 11.6. The third-order valence-electron chi connectivity index (χ3n) is 3.84. The minimum atomic E-state index is 0.478. The first-order valence-corrected chi connectivity index (χ1v) is 7.32. The summed E-state index contributed by atoms with van der Waals surface area (Å²) < 4.78 is 5.86. The van der Waals surface area contributed by atoms with Gasteiger partial charge in [-0.05, 0) is 37.1 Å². The summed E-state index contributed by atoms with van der Waals surface area (Å²) >= 11 is 0. The van der Waals surface area contributed by atoms with Crippen molar-refractivity contribution in [3.05, 3.63) is 30.5 Å². The molecule has 1 fully saturated rings. The van der Waals surface area contributed by atoms with Crippen LogP contribution in [0.2, 0.25) is 0 Å². The van der Waals surface area contributed by atoms with Crippen molar-refractivity contribution in [2.45, 2.75) is 31.8 Å². The molecule has 0 aliphatic heterocycles. The number of hydrogen-bond acceptors (Lipinski definition) is 4.